The van der Waals surface area contributed by atoms with Crippen molar-refractivity contribution in [1.82, 2.24) is 14.5 Å². The Labute approximate surface area is 184 Å². The Kier molecular flexibility index (Phi) is 8.60. The van der Waals surface area contributed by atoms with Crippen LogP contribution >= 0.6 is 0 Å². The fraction of sp³-hybridized carbons (Fsp3) is 0.625. The Bertz CT molecular complexity index is 923. The average molecular weight is 429 g/mol. The molecule has 170 valence electrons. The highest BCUT2D eigenvalue weighted by atomic mass is 16.5. The topological polar surface area (TPSA) is 90.4 Å². The third-order valence-electron chi connectivity index (χ3n) is 6.34. The van der Waals surface area contributed by atoms with Crippen LogP contribution in [-0.2, 0) is 16.1 Å². The number of hydrogen-bond acceptors (Lipinski definition) is 5. The van der Waals surface area contributed by atoms with Crippen LogP contribution in [0, 0.1) is 5.92 Å². The first-order valence-electron chi connectivity index (χ1n) is 11.6. The molecule has 7 nitrogen and oxygen atoms in total. The molecule has 7 heteroatoms. The van der Waals surface area contributed by atoms with Crippen molar-refractivity contribution < 1.29 is 9.53 Å². The van der Waals surface area contributed by atoms with Crippen molar-refractivity contribution in [2.45, 2.75) is 64.5 Å². The summed E-state index contributed by atoms with van der Waals surface area (Å²) in [6.07, 6.45) is 7.08. The van der Waals surface area contributed by atoms with Crippen LogP contribution in [0.15, 0.2) is 29.1 Å². The number of carbonyl (C=O) groups is 1. The van der Waals surface area contributed by atoms with Gasteiger partial charge in [-0.1, -0.05) is 31.4 Å². The van der Waals surface area contributed by atoms with Gasteiger partial charge in [-0.3, -0.25) is 14.2 Å². The van der Waals surface area contributed by atoms with Crippen molar-refractivity contribution >= 4 is 16.8 Å². The van der Waals surface area contributed by atoms with Crippen molar-refractivity contribution in [2.75, 3.05) is 26.8 Å². The molecule has 1 amide bonds. The second-order valence-corrected chi connectivity index (χ2v) is 8.48. The van der Waals surface area contributed by atoms with Gasteiger partial charge in [0, 0.05) is 19.6 Å². The number of para-hydroxylation sites is 1. The number of fused-ring (bicyclic) bond motifs is 1. The Morgan fingerprint density at radius 2 is 2.00 bits per heavy atom. The van der Waals surface area contributed by atoms with Crippen LogP contribution in [0.2, 0.25) is 0 Å². The molecule has 1 saturated carbocycles. The van der Waals surface area contributed by atoms with Crippen molar-refractivity contribution in [3.05, 3.63) is 40.4 Å². The summed E-state index contributed by atoms with van der Waals surface area (Å²) in [5.74, 6) is 0.930. The molecule has 1 aromatic carbocycles. The first-order chi connectivity index (χ1) is 15.1. The van der Waals surface area contributed by atoms with Gasteiger partial charge in [-0.15, -0.1) is 0 Å². The zero-order chi connectivity index (χ0) is 22.2. The second kappa shape index (κ2) is 11.4. The van der Waals surface area contributed by atoms with E-state index >= 15 is 0 Å². The second-order valence-electron chi connectivity index (χ2n) is 8.48. The minimum atomic E-state index is -0.281. The lowest BCUT2D eigenvalue weighted by atomic mass is 9.84. The number of unbranched alkanes of at least 4 members (excludes halogenated alkanes) is 3. The van der Waals surface area contributed by atoms with E-state index in [4.69, 9.17) is 15.5 Å². The third-order valence-corrected chi connectivity index (χ3v) is 6.34. The Morgan fingerprint density at radius 1 is 1.26 bits per heavy atom. The lowest BCUT2D eigenvalue weighted by Gasteiger charge is -2.36. The minimum Gasteiger partial charge on any atom is -0.383 e. The summed E-state index contributed by atoms with van der Waals surface area (Å²) in [6.45, 7) is 4.20. The van der Waals surface area contributed by atoms with E-state index in [2.05, 4.69) is 0 Å². The van der Waals surface area contributed by atoms with E-state index in [1.807, 2.05) is 30.0 Å². The van der Waals surface area contributed by atoms with Gasteiger partial charge in [-0.05, 0) is 51.3 Å². The van der Waals surface area contributed by atoms with Gasteiger partial charge in [-0.25, -0.2) is 4.98 Å². The SMILES string of the molecule is COCCn1c(C(C)N(CCCCCCN)C(=O)C2CCC2)nc2ccccc2c1=O. The van der Waals surface area contributed by atoms with Crippen molar-refractivity contribution in [1.29, 1.82) is 0 Å². The molecule has 31 heavy (non-hydrogen) atoms. The van der Waals surface area contributed by atoms with Gasteiger partial charge in [0.2, 0.25) is 5.91 Å². The van der Waals surface area contributed by atoms with E-state index in [1.165, 1.54) is 0 Å². The molecule has 0 spiro atoms. The quantitative estimate of drug-likeness (QED) is 0.524. The molecule has 1 aliphatic carbocycles. The summed E-state index contributed by atoms with van der Waals surface area (Å²) in [6, 6.07) is 7.12. The molecule has 1 aromatic heterocycles. The number of nitrogens with zero attached hydrogens (tertiary/aromatic N) is 3. The van der Waals surface area contributed by atoms with Gasteiger partial charge < -0.3 is 15.4 Å². The maximum Gasteiger partial charge on any atom is 0.261 e. The number of methoxy groups -OCH3 is 1. The van der Waals surface area contributed by atoms with Crippen LogP contribution < -0.4 is 11.3 Å². The first kappa shape index (κ1) is 23.4. The van der Waals surface area contributed by atoms with Gasteiger partial charge in [-0.2, -0.15) is 0 Å². The Hall–Kier alpha value is -2.25. The molecule has 0 saturated heterocycles. The van der Waals surface area contributed by atoms with Gasteiger partial charge in [0.1, 0.15) is 5.82 Å². The van der Waals surface area contributed by atoms with E-state index < -0.39 is 0 Å². The first-order valence-corrected chi connectivity index (χ1v) is 11.6. The molecule has 2 N–H and O–H groups in total. The molecule has 3 rings (SSSR count). The van der Waals surface area contributed by atoms with Gasteiger partial charge >= 0.3 is 0 Å². The van der Waals surface area contributed by atoms with Crippen LogP contribution in [0.25, 0.3) is 10.9 Å². The summed E-state index contributed by atoms with van der Waals surface area (Å²) in [5.41, 5.74) is 6.20. The molecule has 2 aromatic rings. The number of benzene rings is 1. The van der Waals surface area contributed by atoms with Crippen LogP contribution in [0.3, 0.4) is 0 Å². The molecule has 1 unspecified atom stereocenters. The molecular weight excluding hydrogens is 392 g/mol. The number of hydrogen-bond donors (Lipinski definition) is 1. The highest BCUT2D eigenvalue weighted by Gasteiger charge is 2.33. The highest BCUT2D eigenvalue weighted by molar-refractivity contribution is 5.80. The summed E-state index contributed by atoms with van der Waals surface area (Å²) in [4.78, 5) is 33.3. The number of nitrogens with two attached hydrogens (primary N) is 1. The highest BCUT2D eigenvalue weighted by Crippen LogP contribution is 2.32. The molecule has 0 bridgehead atoms. The Balaban J connectivity index is 1.93. The van der Waals surface area contributed by atoms with Crippen LogP contribution in [0.1, 0.15) is 63.7 Å². The number of aromatic nitrogens is 2. The molecule has 1 fully saturated rings. The van der Waals surface area contributed by atoms with E-state index in [9.17, 15) is 9.59 Å². The van der Waals surface area contributed by atoms with Gasteiger partial charge in [0.15, 0.2) is 0 Å². The Morgan fingerprint density at radius 3 is 2.68 bits per heavy atom. The van der Waals surface area contributed by atoms with Crippen molar-refractivity contribution in [2.24, 2.45) is 11.7 Å². The fourth-order valence-electron chi connectivity index (χ4n) is 4.21. The smallest absolute Gasteiger partial charge is 0.261 e. The van der Waals surface area contributed by atoms with E-state index in [1.54, 1.807) is 17.7 Å². The molecule has 0 aliphatic heterocycles. The molecule has 1 aliphatic rings. The lowest BCUT2D eigenvalue weighted by Crippen LogP contribution is -2.43. The normalized spacial score (nSPS) is 15.1. The maximum atomic E-state index is 13.3. The lowest BCUT2D eigenvalue weighted by molar-refractivity contribution is -0.140. The number of rotatable bonds is 12. The zero-order valence-electron chi connectivity index (χ0n) is 18.9. The predicted molar refractivity (Wildman–Crippen MR) is 123 cm³/mol. The monoisotopic (exact) mass is 428 g/mol. The van der Waals surface area contributed by atoms with Crippen molar-refractivity contribution in [3.8, 4) is 0 Å². The van der Waals surface area contributed by atoms with E-state index in [-0.39, 0.29) is 23.4 Å². The minimum absolute atomic E-state index is 0.0801. The fourth-order valence-corrected chi connectivity index (χ4v) is 4.21. The summed E-state index contributed by atoms with van der Waals surface area (Å²) >= 11 is 0. The van der Waals surface area contributed by atoms with Crippen molar-refractivity contribution in [3.63, 3.8) is 0 Å². The number of ether oxygens (including phenoxy) is 1. The largest absolute Gasteiger partial charge is 0.383 e. The molecule has 0 radical (unpaired) electrons. The molecule has 1 heterocycles. The molecular formula is C24H36N4O3. The average Bonchev–Trinajstić information content (AvgIpc) is 2.74. The number of amides is 1. The predicted octanol–water partition coefficient (Wildman–Crippen LogP) is 3.25. The van der Waals surface area contributed by atoms with E-state index in [0.717, 1.165) is 44.9 Å². The number of carbonyl (C=O) groups excluding carboxylic acids is 1. The van der Waals surface area contributed by atoms with Crippen LogP contribution in [-0.4, -0.2) is 47.2 Å². The summed E-state index contributed by atoms with van der Waals surface area (Å²) in [5, 5.41) is 0.591. The van der Waals surface area contributed by atoms with Gasteiger partial charge in [0.25, 0.3) is 5.56 Å². The maximum absolute atomic E-state index is 13.3. The summed E-state index contributed by atoms with van der Waals surface area (Å²) in [7, 11) is 1.62. The third kappa shape index (κ3) is 5.52. The molecule has 1 atom stereocenters. The van der Waals surface area contributed by atoms with Crippen LogP contribution in [0.5, 0.6) is 0 Å². The van der Waals surface area contributed by atoms with E-state index in [0.29, 0.717) is 43.0 Å². The van der Waals surface area contributed by atoms with Gasteiger partial charge in [0.05, 0.1) is 30.1 Å². The zero-order valence-corrected chi connectivity index (χ0v) is 18.9. The standard InChI is InChI=1S/C24H36N4O3/c1-18(27(15-8-4-3-7-14-25)23(29)19-10-9-11-19)22-26-21-13-6-5-12-20(21)24(30)28(22)16-17-31-2/h5-6,12-13,18-19H,3-4,7-11,14-17,25H2,1-2H3. The summed E-state index contributed by atoms with van der Waals surface area (Å²) < 4.78 is 6.93. The van der Waals surface area contributed by atoms with Crippen LogP contribution in [0.4, 0.5) is 0 Å².